The molecule has 0 atom stereocenters. The van der Waals surface area contributed by atoms with Crippen LogP contribution in [0.25, 0.3) is 0 Å². The van der Waals surface area contributed by atoms with Gasteiger partial charge in [0, 0.05) is 17.2 Å². The van der Waals surface area contributed by atoms with Crippen LogP contribution in [-0.2, 0) is 4.79 Å². The Morgan fingerprint density at radius 1 is 1.40 bits per heavy atom. The number of nitrogens with one attached hydrogen (secondary N) is 1. The Morgan fingerprint density at radius 2 is 2.15 bits per heavy atom. The summed E-state index contributed by atoms with van der Waals surface area (Å²) in [5.41, 5.74) is 0.458. The maximum Gasteiger partial charge on any atom is 0.230 e. The van der Waals surface area contributed by atoms with Crippen molar-refractivity contribution in [2.24, 2.45) is 5.41 Å². The molecule has 20 heavy (non-hydrogen) atoms. The molecule has 0 radical (unpaired) electrons. The number of nitriles is 1. The van der Waals surface area contributed by atoms with Crippen LogP contribution in [0.1, 0.15) is 39.0 Å². The van der Waals surface area contributed by atoms with Crippen molar-refractivity contribution < 1.29 is 9.53 Å². The van der Waals surface area contributed by atoms with E-state index in [9.17, 15) is 4.79 Å². The lowest BCUT2D eigenvalue weighted by Crippen LogP contribution is -2.35. The summed E-state index contributed by atoms with van der Waals surface area (Å²) < 4.78 is 5.24. The second-order valence-electron chi connectivity index (χ2n) is 5.55. The van der Waals surface area contributed by atoms with Gasteiger partial charge in [-0.2, -0.15) is 5.26 Å². The van der Waals surface area contributed by atoms with E-state index >= 15 is 0 Å². The van der Waals surface area contributed by atoms with Crippen molar-refractivity contribution in [1.82, 2.24) is 0 Å². The fourth-order valence-corrected chi connectivity index (χ4v) is 2.62. The zero-order chi connectivity index (χ0) is 14.4. The summed E-state index contributed by atoms with van der Waals surface area (Å²) in [6.45, 7) is 2.05. The standard InChI is InChI=1S/C16H20N2O2/c1-16(8-3-2-4-9-16)15(19)18-13-6-5-7-14(12-13)20-11-10-17/h5-7,12H,2-4,8-9,11H2,1H3,(H,18,19). The fraction of sp³-hybridized carbons (Fsp3) is 0.500. The predicted octanol–water partition coefficient (Wildman–Crippen LogP) is 3.50. The summed E-state index contributed by atoms with van der Waals surface area (Å²) in [5, 5.41) is 11.5. The van der Waals surface area contributed by atoms with Crippen molar-refractivity contribution in [3.8, 4) is 11.8 Å². The normalized spacial score (nSPS) is 17.0. The highest BCUT2D eigenvalue weighted by Gasteiger charge is 2.34. The Balaban J connectivity index is 2.02. The van der Waals surface area contributed by atoms with Gasteiger partial charge < -0.3 is 10.1 Å². The van der Waals surface area contributed by atoms with Crippen LogP contribution in [-0.4, -0.2) is 12.5 Å². The van der Waals surface area contributed by atoms with Crippen molar-refractivity contribution in [3.05, 3.63) is 24.3 Å². The van der Waals surface area contributed by atoms with E-state index in [0.29, 0.717) is 5.75 Å². The zero-order valence-corrected chi connectivity index (χ0v) is 11.8. The molecular weight excluding hydrogens is 252 g/mol. The van der Waals surface area contributed by atoms with Gasteiger partial charge in [0.15, 0.2) is 6.61 Å². The third-order valence-corrected chi connectivity index (χ3v) is 3.90. The first-order valence-electron chi connectivity index (χ1n) is 7.05. The van der Waals surface area contributed by atoms with E-state index < -0.39 is 0 Å². The minimum Gasteiger partial charge on any atom is -0.479 e. The summed E-state index contributed by atoms with van der Waals surface area (Å²) >= 11 is 0. The Hall–Kier alpha value is -2.02. The van der Waals surface area contributed by atoms with Crippen molar-refractivity contribution in [2.45, 2.75) is 39.0 Å². The average molecular weight is 272 g/mol. The van der Waals surface area contributed by atoms with Crippen LogP contribution < -0.4 is 10.1 Å². The smallest absolute Gasteiger partial charge is 0.230 e. The van der Waals surface area contributed by atoms with Crippen molar-refractivity contribution >= 4 is 11.6 Å². The van der Waals surface area contributed by atoms with Gasteiger partial charge in [-0.15, -0.1) is 0 Å². The Labute approximate surface area is 119 Å². The van der Waals surface area contributed by atoms with Gasteiger partial charge in [0.2, 0.25) is 5.91 Å². The summed E-state index contributed by atoms with van der Waals surface area (Å²) in [5.74, 6) is 0.674. The van der Waals surface area contributed by atoms with Crippen molar-refractivity contribution in [2.75, 3.05) is 11.9 Å². The lowest BCUT2D eigenvalue weighted by atomic mass is 9.75. The van der Waals surface area contributed by atoms with E-state index in [2.05, 4.69) is 5.32 Å². The molecule has 4 nitrogen and oxygen atoms in total. The van der Waals surface area contributed by atoms with Crippen molar-refractivity contribution in [3.63, 3.8) is 0 Å². The number of carbonyl (C=O) groups is 1. The van der Waals surface area contributed by atoms with E-state index in [1.807, 2.05) is 25.1 Å². The number of hydrogen-bond donors (Lipinski definition) is 1. The van der Waals surface area contributed by atoms with E-state index in [0.717, 1.165) is 31.4 Å². The van der Waals surface area contributed by atoms with Gasteiger partial charge in [0.25, 0.3) is 0 Å². The number of nitrogens with zero attached hydrogens (tertiary/aromatic N) is 1. The van der Waals surface area contributed by atoms with Crippen LogP contribution in [0.5, 0.6) is 5.75 Å². The van der Waals surface area contributed by atoms with Gasteiger partial charge in [0.05, 0.1) is 0 Å². The van der Waals surface area contributed by atoms with E-state index in [4.69, 9.17) is 10.00 Å². The third-order valence-electron chi connectivity index (χ3n) is 3.90. The number of benzene rings is 1. The maximum atomic E-state index is 12.4. The highest BCUT2D eigenvalue weighted by Crippen LogP contribution is 2.36. The van der Waals surface area contributed by atoms with E-state index in [-0.39, 0.29) is 17.9 Å². The molecule has 1 aliphatic rings. The summed E-state index contributed by atoms with van der Waals surface area (Å²) in [7, 11) is 0. The highest BCUT2D eigenvalue weighted by molar-refractivity contribution is 5.95. The number of hydrogen-bond acceptors (Lipinski definition) is 3. The topological polar surface area (TPSA) is 62.1 Å². The van der Waals surface area contributed by atoms with Gasteiger partial charge in [0.1, 0.15) is 11.8 Å². The molecule has 0 aliphatic heterocycles. The fourth-order valence-electron chi connectivity index (χ4n) is 2.62. The minimum absolute atomic E-state index is 0.00904. The van der Waals surface area contributed by atoms with Crippen molar-refractivity contribution in [1.29, 1.82) is 5.26 Å². The quantitative estimate of drug-likeness (QED) is 0.912. The zero-order valence-electron chi connectivity index (χ0n) is 11.8. The summed E-state index contributed by atoms with van der Waals surface area (Å²) in [6.07, 6.45) is 5.36. The SMILES string of the molecule is CC1(C(=O)Nc2cccc(OCC#N)c2)CCCCC1. The molecule has 1 aromatic carbocycles. The summed E-state index contributed by atoms with van der Waals surface area (Å²) in [6, 6.07) is 9.10. The molecule has 0 bridgehead atoms. The molecule has 0 aromatic heterocycles. The molecule has 106 valence electrons. The van der Waals surface area contributed by atoms with E-state index in [1.165, 1.54) is 6.42 Å². The number of ether oxygens (including phenoxy) is 1. The molecule has 1 fully saturated rings. The predicted molar refractivity (Wildman–Crippen MR) is 77.4 cm³/mol. The van der Waals surface area contributed by atoms with Gasteiger partial charge in [-0.3, -0.25) is 4.79 Å². The van der Waals surface area contributed by atoms with Crippen LogP contribution in [0.3, 0.4) is 0 Å². The first-order chi connectivity index (χ1) is 9.64. The lowest BCUT2D eigenvalue weighted by Gasteiger charge is -2.32. The Kier molecular flexibility index (Phi) is 4.62. The number of rotatable bonds is 4. The van der Waals surface area contributed by atoms with Gasteiger partial charge in [-0.25, -0.2) is 0 Å². The molecule has 1 aliphatic carbocycles. The van der Waals surface area contributed by atoms with Crippen LogP contribution >= 0.6 is 0 Å². The second kappa shape index (κ2) is 6.42. The molecule has 1 amide bonds. The van der Waals surface area contributed by atoms with E-state index in [1.54, 1.807) is 12.1 Å². The molecule has 1 aromatic rings. The molecule has 1 saturated carbocycles. The number of carbonyl (C=O) groups excluding carboxylic acids is 1. The Morgan fingerprint density at radius 3 is 2.85 bits per heavy atom. The third kappa shape index (κ3) is 3.51. The molecule has 0 unspecified atom stereocenters. The van der Waals surface area contributed by atoms with Gasteiger partial charge in [-0.1, -0.05) is 32.3 Å². The molecule has 0 spiro atoms. The molecule has 0 heterocycles. The lowest BCUT2D eigenvalue weighted by molar-refractivity contribution is -0.126. The molecule has 0 saturated heterocycles. The molecule has 2 rings (SSSR count). The van der Waals surface area contributed by atoms with Gasteiger partial charge in [-0.05, 0) is 25.0 Å². The van der Waals surface area contributed by atoms with Crippen LogP contribution in [0, 0.1) is 16.7 Å². The van der Waals surface area contributed by atoms with Crippen LogP contribution in [0.15, 0.2) is 24.3 Å². The average Bonchev–Trinajstić information content (AvgIpc) is 2.46. The molecule has 1 N–H and O–H groups in total. The first kappa shape index (κ1) is 14.4. The Bertz CT molecular complexity index is 513. The number of amides is 1. The largest absolute Gasteiger partial charge is 0.479 e. The number of anilines is 1. The monoisotopic (exact) mass is 272 g/mol. The van der Waals surface area contributed by atoms with Crippen LogP contribution in [0.2, 0.25) is 0 Å². The summed E-state index contributed by atoms with van der Waals surface area (Å²) in [4.78, 5) is 12.4. The first-order valence-corrected chi connectivity index (χ1v) is 7.05. The van der Waals surface area contributed by atoms with Crippen LogP contribution in [0.4, 0.5) is 5.69 Å². The second-order valence-corrected chi connectivity index (χ2v) is 5.55. The molecule has 4 heteroatoms. The maximum absolute atomic E-state index is 12.4. The minimum atomic E-state index is -0.262. The van der Waals surface area contributed by atoms with Gasteiger partial charge >= 0.3 is 0 Å². The molecular formula is C16H20N2O2. The highest BCUT2D eigenvalue weighted by atomic mass is 16.5.